The number of hydrogen-bond acceptors (Lipinski definition) is 4. The zero-order valence-corrected chi connectivity index (χ0v) is 22.9. The monoisotopic (exact) mass is 531 g/mol. The van der Waals surface area contributed by atoms with E-state index in [1.807, 2.05) is 0 Å². The summed E-state index contributed by atoms with van der Waals surface area (Å²) >= 11 is 0. The van der Waals surface area contributed by atoms with Crippen LogP contribution in [-0.2, 0) is 22.7 Å². The fourth-order valence-electron chi connectivity index (χ4n) is 5.03. The Balaban J connectivity index is 0.00000336. The summed E-state index contributed by atoms with van der Waals surface area (Å²) in [6.07, 6.45) is 2.09. The number of fused-ring (bicyclic) bond motifs is 1. The second-order valence-electron chi connectivity index (χ2n) is 9.88. The molecule has 0 amide bonds. The number of halogens is 1. The first kappa shape index (κ1) is 28.1. The highest BCUT2D eigenvalue weighted by molar-refractivity contribution is 5.85. The Kier molecular flexibility index (Phi) is 10.6. The largest absolute Gasteiger partial charge is 0.494 e. The molecule has 4 aromatic carbocycles. The number of ether oxygens (including phenoxy) is 3. The van der Waals surface area contributed by atoms with Gasteiger partial charge in [0, 0.05) is 18.9 Å². The number of nitrogens with one attached hydrogen (secondary N) is 1. The van der Waals surface area contributed by atoms with Crippen LogP contribution >= 0.6 is 12.4 Å². The quantitative estimate of drug-likeness (QED) is 0.207. The number of benzene rings is 4. The third-order valence-corrected chi connectivity index (χ3v) is 7.23. The predicted octanol–water partition coefficient (Wildman–Crippen LogP) is 7.22. The van der Waals surface area contributed by atoms with Crippen LogP contribution in [0.15, 0.2) is 91.0 Å². The molecule has 1 fully saturated rings. The summed E-state index contributed by atoms with van der Waals surface area (Å²) in [5.74, 6) is 1.29. The molecular weight excluding hydrogens is 494 g/mol. The van der Waals surface area contributed by atoms with E-state index in [2.05, 4.69) is 103 Å². The number of rotatable bonds is 11. The Morgan fingerprint density at radius 3 is 2.45 bits per heavy atom. The standard InChI is InChI=1S/C33H37NO3.ClH/c1-25-7-2-3-10-30(25)24-35-19-6-20-36-31-15-13-28(14-16-31)32-17-18-34-22-33(32)37-23-26-11-12-27-8-4-5-9-29(27)21-26;/h2-5,7-16,21,32-34H,6,17-20,22-24H2,1H3;1H. The minimum atomic E-state index is 0. The third kappa shape index (κ3) is 7.58. The molecule has 0 bridgehead atoms. The molecule has 1 saturated heterocycles. The van der Waals surface area contributed by atoms with Gasteiger partial charge < -0.3 is 19.5 Å². The molecule has 4 nitrogen and oxygen atoms in total. The average Bonchev–Trinajstić information content (AvgIpc) is 2.95. The maximum atomic E-state index is 6.45. The lowest BCUT2D eigenvalue weighted by Crippen LogP contribution is -2.40. The highest BCUT2D eigenvalue weighted by Gasteiger charge is 2.27. The molecule has 1 heterocycles. The van der Waals surface area contributed by atoms with Crippen molar-refractivity contribution in [3.8, 4) is 5.75 Å². The van der Waals surface area contributed by atoms with Crippen molar-refractivity contribution in [1.82, 2.24) is 5.32 Å². The molecule has 2 unspecified atom stereocenters. The molecule has 1 aliphatic rings. The summed E-state index contributed by atoms with van der Waals surface area (Å²) in [5, 5.41) is 6.03. The van der Waals surface area contributed by atoms with Crippen molar-refractivity contribution in [3.63, 3.8) is 0 Å². The van der Waals surface area contributed by atoms with E-state index in [1.165, 1.54) is 33.0 Å². The van der Waals surface area contributed by atoms with Crippen LogP contribution in [0.2, 0.25) is 0 Å². The zero-order chi connectivity index (χ0) is 25.3. The van der Waals surface area contributed by atoms with Crippen molar-refractivity contribution in [1.29, 1.82) is 0 Å². The maximum Gasteiger partial charge on any atom is 0.119 e. The van der Waals surface area contributed by atoms with Crippen LogP contribution in [0.5, 0.6) is 5.75 Å². The van der Waals surface area contributed by atoms with E-state index < -0.39 is 0 Å². The minimum absolute atomic E-state index is 0. The van der Waals surface area contributed by atoms with Gasteiger partial charge >= 0.3 is 0 Å². The van der Waals surface area contributed by atoms with Gasteiger partial charge in [0.1, 0.15) is 5.75 Å². The number of piperidine rings is 1. The molecule has 4 aromatic rings. The molecule has 2 atom stereocenters. The van der Waals surface area contributed by atoms with Gasteiger partial charge in [-0.25, -0.2) is 0 Å². The van der Waals surface area contributed by atoms with Crippen LogP contribution in [0, 0.1) is 6.92 Å². The smallest absolute Gasteiger partial charge is 0.119 e. The third-order valence-electron chi connectivity index (χ3n) is 7.23. The molecule has 200 valence electrons. The first-order valence-corrected chi connectivity index (χ1v) is 13.4. The van der Waals surface area contributed by atoms with Crippen LogP contribution in [-0.4, -0.2) is 32.4 Å². The summed E-state index contributed by atoms with van der Waals surface area (Å²) in [6, 6.07) is 32.0. The van der Waals surface area contributed by atoms with E-state index in [-0.39, 0.29) is 18.5 Å². The number of hydrogen-bond donors (Lipinski definition) is 1. The van der Waals surface area contributed by atoms with Crippen LogP contribution in [0.4, 0.5) is 0 Å². The lowest BCUT2D eigenvalue weighted by molar-refractivity contribution is 0.0106. The molecule has 1 N–H and O–H groups in total. The van der Waals surface area contributed by atoms with Crippen molar-refractivity contribution in [2.75, 3.05) is 26.3 Å². The lowest BCUT2D eigenvalue weighted by Gasteiger charge is -2.32. The predicted molar refractivity (Wildman–Crippen MR) is 157 cm³/mol. The summed E-state index contributed by atoms with van der Waals surface area (Å²) < 4.78 is 18.2. The molecule has 0 spiro atoms. The number of aryl methyl sites for hydroxylation is 1. The minimum Gasteiger partial charge on any atom is -0.494 e. The van der Waals surface area contributed by atoms with Gasteiger partial charge in [-0.15, -0.1) is 12.4 Å². The van der Waals surface area contributed by atoms with E-state index in [1.54, 1.807) is 0 Å². The van der Waals surface area contributed by atoms with Crippen molar-refractivity contribution in [3.05, 3.63) is 113 Å². The van der Waals surface area contributed by atoms with Crippen LogP contribution in [0.3, 0.4) is 0 Å². The molecule has 0 radical (unpaired) electrons. The molecule has 38 heavy (non-hydrogen) atoms. The molecule has 0 saturated carbocycles. The van der Waals surface area contributed by atoms with Crippen molar-refractivity contribution in [2.24, 2.45) is 0 Å². The highest BCUT2D eigenvalue weighted by Crippen LogP contribution is 2.30. The molecular formula is C33H38ClNO3. The Hall–Kier alpha value is -2.89. The van der Waals surface area contributed by atoms with E-state index >= 15 is 0 Å². The second-order valence-corrected chi connectivity index (χ2v) is 9.88. The van der Waals surface area contributed by atoms with Crippen LogP contribution in [0.1, 0.15) is 41.0 Å². The van der Waals surface area contributed by atoms with Gasteiger partial charge in [0.2, 0.25) is 0 Å². The van der Waals surface area contributed by atoms with Gasteiger partial charge in [-0.2, -0.15) is 0 Å². The SMILES string of the molecule is Cc1ccccc1COCCCOc1ccc(C2CCNCC2OCc2ccc3ccccc3c2)cc1.Cl. The van der Waals surface area contributed by atoms with Crippen molar-refractivity contribution >= 4 is 23.2 Å². The fraction of sp³-hybridized carbons (Fsp3) is 0.333. The van der Waals surface area contributed by atoms with Gasteiger partial charge in [-0.05, 0) is 71.1 Å². The van der Waals surface area contributed by atoms with Crippen molar-refractivity contribution < 1.29 is 14.2 Å². The highest BCUT2D eigenvalue weighted by atomic mass is 35.5. The van der Waals surface area contributed by atoms with Crippen LogP contribution < -0.4 is 10.1 Å². The van der Waals surface area contributed by atoms with Gasteiger partial charge in [-0.3, -0.25) is 0 Å². The Morgan fingerprint density at radius 2 is 1.61 bits per heavy atom. The van der Waals surface area contributed by atoms with Crippen LogP contribution in [0.25, 0.3) is 10.8 Å². The summed E-state index contributed by atoms with van der Waals surface area (Å²) in [4.78, 5) is 0. The van der Waals surface area contributed by atoms with Gasteiger partial charge in [0.15, 0.2) is 0 Å². The maximum absolute atomic E-state index is 6.45. The van der Waals surface area contributed by atoms with E-state index in [0.717, 1.165) is 31.7 Å². The Labute approximate surface area is 232 Å². The zero-order valence-electron chi connectivity index (χ0n) is 22.1. The molecule has 1 aliphatic heterocycles. The van der Waals surface area contributed by atoms with Gasteiger partial charge in [0.05, 0.1) is 32.5 Å². The van der Waals surface area contributed by atoms with Gasteiger partial charge in [-0.1, -0.05) is 72.8 Å². The molecule has 5 heteroatoms. The normalized spacial score (nSPS) is 17.2. The Morgan fingerprint density at radius 1 is 0.816 bits per heavy atom. The fourth-order valence-corrected chi connectivity index (χ4v) is 5.03. The second kappa shape index (κ2) is 14.3. The lowest BCUT2D eigenvalue weighted by atomic mass is 9.87. The first-order valence-electron chi connectivity index (χ1n) is 13.4. The van der Waals surface area contributed by atoms with E-state index in [4.69, 9.17) is 14.2 Å². The summed E-state index contributed by atoms with van der Waals surface area (Å²) in [5.41, 5.74) is 5.05. The first-order chi connectivity index (χ1) is 18.3. The summed E-state index contributed by atoms with van der Waals surface area (Å²) in [6.45, 7) is 6.63. The Bertz CT molecular complexity index is 1280. The van der Waals surface area contributed by atoms with Crippen molar-refractivity contribution in [2.45, 2.75) is 45.0 Å². The van der Waals surface area contributed by atoms with Gasteiger partial charge in [0.25, 0.3) is 0 Å². The summed E-state index contributed by atoms with van der Waals surface area (Å²) in [7, 11) is 0. The molecule has 0 aliphatic carbocycles. The molecule has 0 aromatic heterocycles. The van der Waals surface area contributed by atoms with E-state index in [0.29, 0.717) is 32.3 Å². The molecule has 5 rings (SSSR count). The average molecular weight is 532 g/mol. The topological polar surface area (TPSA) is 39.7 Å². The van der Waals surface area contributed by atoms with E-state index in [9.17, 15) is 0 Å².